The number of phenolic OH excluding ortho intramolecular Hbond substituents is 1. The van der Waals surface area contributed by atoms with Gasteiger partial charge in [-0.2, -0.15) is 0 Å². The quantitative estimate of drug-likeness (QED) is 0.647. The molecule has 0 atom stereocenters. The van der Waals surface area contributed by atoms with Crippen molar-refractivity contribution in [3.05, 3.63) is 33.9 Å². The van der Waals surface area contributed by atoms with E-state index in [1.54, 1.807) is 20.8 Å². The van der Waals surface area contributed by atoms with Crippen LogP contribution in [0.5, 0.6) is 5.75 Å². The van der Waals surface area contributed by atoms with Crippen molar-refractivity contribution < 1.29 is 19.6 Å². The highest BCUT2D eigenvalue weighted by molar-refractivity contribution is 5.67. The van der Waals surface area contributed by atoms with E-state index in [1.165, 1.54) is 18.2 Å². The second-order valence-electron chi connectivity index (χ2n) is 4.94. The Balaban J connectivity index is 2.66. The lowest BCUT2D eigenvalue weighted by molar-refractivity contribution is -0.385. The van der Waals surface area contributed by atoms with E-state index >= 15 is 0 Å². The number of benzene rings is 1. The summed E-state index contributed by atoms with van der Waals surface area (Å²) >= 11 is 0. The van der Waals surface area contributed by atoms with Crippen LogP contribution in [0, 0.1) is 10.1 Å². The number of nitrogens with zero attached hydrogens (tertiary/aromatic N) is 1. The van der Waals surface area contributed by atoms with E-state index in [4.69, 9.17) is 4.74 Å². The summed E-state index contributed by atoms with van der Waals surface area (Å²) in [5, 5.41) is 22.4. The monoisotopic (exact) mass is 268 g/mol. The van der Waals surface area contributed by atoms with Gasteiger partial charge in [0.25, 0.3) is 0 Å². The lowest BCUT2D eigenvalue weighted by atomic mass is 10.2. The second-order valence-corrected chi connectivity index (χ2v) is 4.94. The van der Waals surface area contributed by atoms with Crippen molar-refractivity contribution in [1.29, 1.82) is 0 Å². The Labute approximate surface area is 110 Å². The van der Waals surface area contributed by atoms with Crippen molar-refractivity contribution >= 4 is 11.8 Å². The standard InChI is InChI=1S/C12H16N2O5/c1-12(2,3)19-11(16)13-7-8-4-5-10(15)9(6-8)14(17)18/h4-6,15H,7H2,1-3H3,(H,13,16). The Morgan fingerprint density at radius 1 is 1.47 bits per heavy atom. The van der Waals surface area contributed by atoms with Crippen molar-refractivity contribution in [3.63, 3.8) is 0 Å². The first kappa shape index (κ1) is 14.7. The van der Waals surface area contributed by atoms with E-state index in [2.05, 4.69) is 5.32 Å². The van der Waals surface area contributed by atoms with Crippen molar-refractivity contribution in [2.45, 2.75) is 32.9 Å². The van der Waals surface area contributed by atoms with Gasteiger partial charge in [-0.1, -0.05) is 6.07 Å². The van der Waals surface area contributed by atoms with E-state index in [1.807, 2.05) is 0 Å². The zero-order valence-corrected chi connectivity index (χ0v) is 11.0. The molecule has 7 heteroatoms. The molecule has 2 N–H and O–H groups in total. The minimum atomic E-state index is -0.688. The number of alkyl carbamates (subject to hydrolysis) is 1. The van der Waals surface area contributed by atoms with E-state index in [0.29, 0.717) is 5.56 Å². The summed E-state index contributed by atoms with van der Waals surface area (Å²) in [6, 6.07) is 3.90. The number of nitro groups is 1. The largest absolute Gasteiger partial charge is 0.502 e. The van der Waals surface area contributed by atoms with Crippen LogP contribution in [0.25, 0.3) is 0 Å². The molecule has 0 fully saturated rings. The zero-order chi connectivity index (χ0) is 14.6. The van der Waals surface area contributed by atoms with Crippen LogP contribution in [0.4, 0.5) is 10.5 Å². The number of phenols is 1. The molecule has 0 radical (unpaired) electrons. The van der Waals surface area contributed by atoms with Gasteiger partial charge in [-0.15, -0.1) is 0 Å². The van der Waals surface area contributed by atoms with Gasteiger partial charge >= 0.3 is 11.8 Å². The average Bonchev–Trinajstić information content (AvgIpc) is 2.25. The molecule has 0 heterocycles. The van der Waals surface area contributed by atoms with E-state index < -0.39 is 28.1 Å². The van der Waals surface area contributed by atoms with Crippen molar-refractivity contribution in [1.82, 2.24) is 5.32 Å². The van der Waals surface area contributed by atoms with Crippen LogP contribution < -0.4 is 5.32 Å². The lowest BCUT2D eigenvalue weighted by Crippen LogP contribution is -2.32. The highest BCUT2D eigenvalue weighted by Gasteiger charge is 2.17. The summed E-state index contributed by atoms with van der Waals surface area (Å²) < 4.78 is 5.03. The maximum atomic E-state index is 11.4. The number of nitro benzene ring substituents is 1. The first-order valence-electron chi connectivity index (χ1n) is 5.62. The molecule has 0 saturated heterocycles. The maximum Gasteiger partial charge on any atom is 0.407 e. The fraction of sp³-hybridized carbons (Fsp3) is 0.417. The number of aromatic hydroxyl groups is 1. The molecule has 0 aliphatic carbocycles. The Kier molecular flexibility index (Phi) is 4.31. The molecule has 104 valence electrons. The fourth-order valence-corrected chi connectivity index (χ4v) is 1.31. The second kappa shape index (κ2) is 5.55. The van der Waals surface area contributed by atoms with Crippen LogP contribution in [0.15, 0.2) is 18.2 Å². The first-order chi connectivity index (χ1) is 8.69. The summed E-state index contributed by atoms with van der Waals surface area (Å²) in [5.74, 6) is -0.411. The number of carbonyl (C=O) groups is 1. The average molecular weight is 268 g/mol. The third-order valence-electron chi connectivity index (χ3n) is 2.07. The molecule has 7 nitrogen and oxygen atoms in total. The molecular formula is C12H16N2O5. The van der Waals surface area contributed by atoms with Gasteiger partial charge < -0.3 is 15.2 Å². The van der Waals surface area contributed by atoms with Crippen LogP contribution in [0.2, 0.25) is 0 Å². The molecule has 0 aliphatic heterocycles. The molecule has 1 aromatic carbocycles. The predicted molar refractivity (Wildman–Crippen MR) is 67.8 cm³/mol. The Hall–Kier alpha value is -2.31. The van der Waals surface area contributed by atoms with Gasteiger partial charge in [0.05, 0.1) is 4.92 Å². The molecule has 19 heavy (non-hydrogen) atoms. The van der Waals surface area contributed by atoms with Gasteiger partial charge in [0.15, 0.2) is 5.75 Å². The van der Waals surface area contributed by atoms with Crippen molar-refractivity contribution in [2.24, 2.45) is 0 Å². The highest BCUT2D eigenvalue weighted by Crippen LogP contribution is 2.26. The van der Waals surface area contributed by atoms with Gasteiger partial charge in [0.1, 0.15) is 5.60 Å². The number of rotatable bonds is 3. The summed E-state index contributed by atoms with van der Waals surface area (Å²) in [7, 11) is 0. The maximum absolute atomic E-state index is 11.4. The minimum absolute atomic E-state index is 0.0794. The van der Waals surface area contributed by atoms with Gasteiger partial charge in [-0.05, 0) is 32.4 Å². The Morgan fingerprint density at radius 2 is 2.11 bits per heavy atom. The zero-order valence-electron chi connectivity index (χ0n) is 11.0. The first-order valence-corrected chi connectivity index (χ1v) is 5.62. The highest BCUT2D eigenvalue weighted by atomic mass is 16.6. The summed E-state index contributed by atoms with van der Waals surface area (Å²) in [6.07, 6.45) is -0.608. The molecule has 0 bridgehead atoms. The summed E-state index contributed by atoms with van der Waals surface area (Å²) in [5.41, 5.74) is -0.510. The van der Waals surface area contributed by atoms with Crippen LogP contribution in [-0.2, 0) is 11.3 Å². The molecule has 1 amide bonds. The molecular weight excluding hydrogens is 252 g/mol. The van der Waals surface area contributed by atoms with Gasteiger partial charge in [0, 0.05) is 12.6 Å². The Bertz CT molecular complexity index is 493. The van der Waals surface area contributed by atoms with Gasteiger partial charge in [-0.3, -0.25) is 10.1 Å². The molecule has 1 rings (SSSR count). The molecule has 1 aromatic rings. The molecule has 0 aliphatic rings. The van der Waals surface area contributed by atoms with E-state index in [9.17, 15) is 20.0 Å². The number of nitrogens with one attached hydrogen (secondary N) is 1. The van der Waals surface area contributed by atoms with Crippen LogP contribution in [0.1, 0.15) is 26.3 Å². The minimum Gasteiger partial charge on any atom is -0.502 e. The van der Waals surface area contributed by atoms with Crippen LogP contribution in [-0.4, -0.2) is 21.7 Å². The van der Waals surface area contributed by atoms with Gasteiger partial charge in [-0.25, -0.2) is 4.79 Å². The Morgan fingerprint density at radius 3 is 2.63 bits per heavy atom. The van der Waals surface area contributed by atoms with Crippen LogP contribution >= 0.6 is 0 Å². The third-order valence-corrected chi connectivity index (χ3v) is 2.07. The molecule has 0 spiro atoms. The topological polar surface area (TPSA) is 102 Å². The number of hydrogen-bond donors (Lipinski definition) is 2. The SMILES string of the molecule is CC(C)(C)OC(=O)NCc1ccc(O)c([N+](=O)[O-])c1. The van der Waals surface area contributed by atoms with E-state index in [0.717, 1.165) is 0 Å². The normalized spacial score (nSPS) is 10.9. The fourth-order valence-electron chi connectivity index (χ4n) is 1.31. The molecule has 0 saturated carbocycles. The van der Waals surface area contributed by atoms with Crippen molar-refractivity contribution in [3.8, 4) is 5.75 Å². The third kappa shape index (κ3) is 4.82. The molecule has 0 aromatic heterocycles. The number of ether oxygens (including phenoxy) is 1. The van der Waals surface area contributed by atoms with Crippen molar-refractivity contribution in [2.75, 3.05) is 0 Å². The van der Waals surface area contributed by atoms with E-state index in [-0.39, 0.29) is 6.54 Å². The number of amides is 1. The predicted octanol–water partition coefficient (Wildman–Crippen LogP) is 2.33. The van der Waals surface area contributed by atoms with Crippen LogP contribution in [0.3, 0.4) is 0 Å². The number of carbonyl (C=O) groups excluding carboxylic acids is 1. The molecule has 0 unspecified atom stereocenters. The lowest BCUT2D eigenvalue weighted by Gasteiger charge is -2.19. The number of hydrogen-bond acceptors (Lipinski definition) is 5. The summed E-state index contributed by atoms with van der Waals surface area (Å²) in [4.78, 5) is 21.3. The van der Waals surface area contributed by atoms with Gasteiger partial charge in [0.2, 0.25) is 0 Å². The summed E-state index contributed by atoms with van der Waals surface area (Å²) in [6.45, 7) is 5.28. The smallest absolute Gasteiger partial charge is 0.407 e.